The maximum Gasteiger partial charge on any atom is 0.410 e. The predicted octanol–water partition coefficient (Wildman–Crippen LogP) is 4.17. The van der Waals surface area contributed by atoms with Crippen LogP contribution in [0, 0.1) is 0 Å². The minimum atomic E-state index is -0.846. The zero-order valence-electron chi connectivity index (χ0n) is 15.8. The van der Waals surface area contributed by atoms with Crippen LogP contribution in [0.25, 0.3) is 0 Å². The molecule has 0 saturated heterocycles. The summed E-state index contributed by atoms with van der Waals surface area (Å²) in [7, 11) is 1.58. The molecule has 0 aliphatic heterocycles. The number of aliphatic hydroxyl groups is 1. The van der Waals surface area contributed by atoms with Gasteiger partial charge in [-0.1, -0.05) is 42.5 Å². The van der Waals surface area contributed by atoms with Crippen LogP contribution in [0.2, 0.25) is 0 Å². The van der Waals surface area contributed by atoms with Crippen molar-refractivity contribution in [3.8, 4) is 5.75 Å². The third kappa shape index (κ3) is 6.08. The number of nitrogens with zero attached hydrogens (tertiary/aromatic N) is 1. The van der Waals surface area contributed by atoms with Crippen LogP contribution in [-0.4, -0.2) is 35.4 Å². The number of benzene rings is 2. The Labute approximate surface area is 155 Å². The van der Waals surface area contributed by atoms with Crippen molar-refractivity contribution in [2.24, 2.45) is 0 Å². The average molecular weight is 357 g/mol. The minimum absolute atomic E-state index is 0.122. The number of hydrogen-bond donors (Lipinski definition) is 1. The summed E-state index contributed by atoms with van der Waals surface area (Å²) < 4.78 is 10.7. The van der Waals surface area contributed by atoms with Gasteiger partial charge in [-0.15, -0.1) is 0 Å². The van der Waals surface area contributed by atoms with Crippen LogP contribution in [0.15, 0.2) is 54.6 Å². The van der Waals surface area contributed by atoms with Gasteiger partial charge >= 0.3 is 6.09 Å². The molecule has 1 unspecified atom stereocenters. The molecule has 0 aliphatic rings. The lowest BCUT2D eigenvalue weighted by atomic mass is 10.1. The molecule has 2 aromatic carbocycles. The molecule has 0 fully saturated rings. The van der Waals surface area contributed by atoms with E-state index < -0.39 is 17.8 Å². The van der Waals surface area contributed by atoms with Crippen molar-refractivity contribution in [1.82, 2.24) is 4.90 Å². The number of methoxy groups -OCH3 is 1. The SMILES string of the molecule is COc1cccc(C(O)CN(Cc2ccccc2)C(=O)OC(C)(C)C)c1. The summed E-state index contributed by atoms with van der Waals surface area (Å²) in [6.07, 6.45) is -1.30. The van der Waals surface area contributed by atoms with Gasteiger partial charge in [0.15, 0.2) is 0 Å². The number of carbonyl (C=O) groups excluding carboxylic acids is 1. The first-order valence-corrected chi connectivity index (χ1v) is 8.62. The Morgan fingerprint density at radius 1 is 1.12 bits per heavy atom. The minimum Gasteiger partial charge on any atom is -0.497 e. The van der Waals surface area contributed by atoms with Crippen molar-refractivity contribution in [2.75, 3.05) is 13.7 Å². The Bertz CT molecular complexity index is 709. The van der Waals surface area contributed by atoms with E-state index in [1.807, 2.05) is 69.3 Å². The van der Waals surface area contributed by atoms with Crippen molar-refractivity contribution in [1.29, 1.82) is 0 Å². The fraction of sp³-hybridized carbons (Fsp3) is 0.381. The molecule has 0 bridgehead atoms. The van der Waals surface area contributed by atoms with Gasteiger partial charge < -0.3 is 19.5 Å². The number of aliphatic hydroxyl groups excluding tert-OH is 1. The first kappa shape index (κ1) is 19.8. The first-order valence-electron chi connectivity index (χ1n) is 8.62. The summed E-state index contributed by atoms with van der Waals surface area (Å²) in [5.74, 6) is 0.661. The van der Waals surface area contributed by atoms with Gasteiger partial charge in [-0.25, -0.2) is 4.79 Å². The van der Waals surface area contributed by atoms with Crippen LogP contribution >= 0.6 is 0 Å². The highest BCUT2D eigenvalue weighted by Gasteiger charge is 2.25. The number of ether oxygens (including phenoxy) is 2. The summed E-state index contributed by atoms with van der Waals surface area (Å²) in [6.45, 7) is 5.95. The first-order chi connectivity index (χ1) is 12.3. The molecule has 5 nitrogen and oxygen atoms in total. The molecule has 0 spiro atoms. The fourth-order valence-electron chi connectivity index (χ4n) is 2.50. The van der Waals surface area contributed by atoms with Crippen molar-refractivity contribution in [3.05, 3.63) is 65.7 Å². The van der Waals surface area contributed by atoms with E-state index >= 15 is 0 Å². The second-order valence-electron chi connectivity index (χ2n) is 7.14. The molecule has 1 amide bonds. The van der Waals surface area contributed by atoms with Gasteiger partial charge in [-0.05, 0) is 44.0 Å². The van der Waals surface area contributed by atoms with Gasteiger partial charge in [0.25, 0.3) is 0 Å². The molecule has 0 radical (unpaired) electrons. The summed E-state index contributed by atoms with van der Waals surface area (Å²) in [5.41, 5.74) is 1.05. The Hall–Kier alpha value is -2.53. The van der Waals surface area contributed by atoms with E-state index in [-0.39, 0.29) is 6.54 Å². The van der Waals surface area contributed by atoms with Gasteiger partial charge in [-0.3, -0.25) is 0 Å². The van der Waals surface area contributed by atoms with Gasteiger partial charge in [0.1, 0.15) is 11.4 Å². The topological polar surface area (TPSA) is 59.0 Å². The van der Waals surface area contributed by atoms with Crippen LogP contribution < -0.4 is 4.74 Å². The van der Waals surface area contributed by atoms with Crippen molar-refractivity contribution < 1.29 is 19.4 Å². The van der Waals surface area contributed by atoms with Crippen LogP contribution in [0.1, 0.15) is 38.0 Å². The van der Waals surface area contributed by atoms with Crippen LogP contribution in [0.5, 0.6) is 5.75 Å². The largest absolute Gasteiger partial charge is 0.497 e. The number of hydrogen-bond acceptors (Lipinski definition) is 4. The van der Waals surface area contributed by atoms with Crippen molar-refractivity contribution in [3.63, 3.8) is 0 Å². The molecule has 0 aromatic heterocycles. The summed E-state index contributed by atoms with van der Waals surface area (Å²) >= 11 is 0. The molecule has 0 saturated carbocycles. The quantitative estimate of drug-likeness (QED) is 0.843. The summed E-state index contributed by atoms with van der Waals surface area (Å²) in [6, 6.07) is 16.8. The zero-order chi connectivity index (χ0) is 19.2. The molecular weight excluding hydrogens is 330 g/mol. The smallest absolute Gasteiger partial charge is 0.410 e. The molecular formula is C21H27NO4. The lowest BCUT2D eigenvalue weighted by Gasteiger charge is -2.29. The zero-order valence-corrected chi connectivity index (χ0v) is 15.8. The summed E-state index contributed by atoms with van der Waals surface area (Å²) in [5, 5.41) is 10.6. The predicted molar refractivity (Wildman–Crippen MR) is 101 cm³/mol. The van der Waals surface area contributed by atoms with Crippen LogP contribution in [0.4, 0.5) is 4.79 Å². The standard InChI is InChI=1S/C21H27NO4/c1-21(2,3)26-20(24)22(14-16-9-6-5-7-10-16)15-19(23)17-11-8-12-18(13-17)25-4/h5-13,19,23H,14-15H2,1-4H3. The highest BCUT2D eigenvalue weighted by Crippen LogP contribution is 2.22. The van der Waals surface area contributed by atoms with Crippen LogP contribution in [-0.2, 0) is 11.3 Å². The second kappa shape index (κ2) is 8.72. The normalized spacial score (nSPS) is 12.3. The van der Waals surface area contributed by atoms with E-state index in [0.717, 1.165) is 5.56 Å². The molecule has 1 atom stereocenters. The molecule has 2 rings (SSSR count). The Kier molecular flexibility index (Phi) is 6.64. The highest BCUT2D eigenvalue weighted by atomic mass is 16.6. The van der Waals surface area contributed by atoms with E-state index in [1.165, 1.54) is 4.90 Å². The Morgan fingerprint density at radius 2 is 1.81 bits per heavy atom. The van der Waals surface area contributed by atoms with Gasteiger partial charge in [0.2, 0.25) is 0 Å². The molecule has 0 heterocycles. The molecule has 0 aliphatic carbocycles. The third-order valence-corrected chi connectivity index (χ3v) is 3.74. The lowest BCUT2D eigenvalue weighted by molar-refractivity contribution is 0.0124. The molecule has 2 aromatic rings. The molecule has 5 heteroatoms. The van der Waals surface area contributed by atoms with E-state index in [0.29, 0.717) is 17.9 Å². The lowest BCUT2D eigenvalue weighted by Crippen LogP contribution is -2.38. The van der Waals surface area contributed by atoms with Gasteiger partial charge in [-0.2, -0.15) is 0 Å². The Balaban J connectivity index is 2.17. The van der Waals surface area contributed by atoms with Gasteiger partial charge in [0, 0.05) is 6.54 Å². The maximum atomic E-state index is 12.6. The highest BCUT2D eigenvalue weighted by molar-refractivity contribution is 5.68. The number of amides is 1. The van der Waals surface area contributed by atoms with E-state index in [1.54, 1.807) is 13.2 Å². The van der Waals surface area contributed by atoms with E-state index in [2.05, 4.69) is 0 Å². The second-order valence-corrected chi connectivity index (χ2v) is 7.14. The molecule has 26 heavy (non-hydrogen) atoms. The van der Waals surface area contributed by atoms with Crippen molar-refractivity contribution in [2.45, 2.75) is 39.0 Å². The number of rotatable bonds is 6. The fourth-order valence-corrected chi connectivity index (χ4v) is 2.50. The van der Waals surface area contributed by atoms with E-state index in [9.17, 15) is 9.90 Å². The Morgan fingerprint density at radius 3 is 2.42 bits per heavy atom. The monoisotopic (exact) mass is 357 g/mol. The van der Waals surface area contributed by atoms with E-state index in [4.69, 9.17) is 9.47 Å². The van der Waals surface area contributed by atoms with Gasteiger partial charge in [0.05, 0.1) is 19.8 Å². The molecule has 1 N–H and O–H groups in total. The average Bonchev–Trinajstić information content (AvgIpc) is 2.60. The molecule has 140 valence electrons. The maximum absolute atomic E-state index is 12.6. The van der Waals surface area contributed by atoms with Crippen LogP contribution in [0.3, 0.4) is 0 Å². The third-order valence-electron chi connectivity index (χ3n) is 3.74. The van der Waals surface area contributed by atoms with Crippen molar-refractivity contribution >= 4 is 6.09 Å². The summed E-state index contributed by atoms with van der Waals surface area (Å²) in [4.78, 5) is 14.1. The number of carbonyl (C=O) groups is 1.